The molecule has 0 spiro atoms. The molecule has 0 radical (unpaired) electrons. The number of nitrogens with zero attached hydrogens (tertiary/aromatic N) is 1. The second-order valence-electron chi connectivity index (χ2n) is 6.61. The Balaban J connectivity index is 1.73. The van der Waals surface area contributed by atoms with Crippen LogP contribution in [0.25, 0.3) is 10.9 Å². The van der Waals surface area contributed by atoms with Crippen LogP contribution in [0.1, 0.15) is 41.0 Å². The SMILES string of the molecule is CCc1cccc(CC)c1NC(=O)COC(=O)c1cc(C)nc2ccccc12. The summed E-state index contributed by atoms with van der Waals surface area (Å²) in [6.07, 6.45) is 1.62. The van der Waals surface area contributed by atoms with Crippen LogP contribution in [-0.2, 0) is 22.4 Å². The maximum absolute atomic E-state index is 12.6. The maximum Gasteiger partial charge on any atom is 0.339 e. The highest BCUT2D eigenvalue weighted by molar-refractivity contribution is 6.04. The molecule has 1 heterocycles. The first-order valence-electron chi connectivity index (χ1n) is 9.47. The quantitative estimate of drug-likeness (QED) is 0.645. The van der Waals surface area contributed by atoms with Crippen molar-refractivity contribution in [3.63, 3.8) is 0 Å². The number of esters is 1. The van der Waals surface area contributed by atoms with Crippen molar-refractivity contribution in [3.05, 3.63) is 70.9 Å². The van der Waals surface area contributed by atoms with E-state index in [1.807, 2.05) is 63.2 Å². The summed E-state index contributed by atoms with van der Waals surface area (Å²) in [6.45, 7) is 5.57. The fraction of sp³-hybridized carbons (Fsp3) is 0.261. The van der Waals surface area contributed by atoms with Gasteiger partial charge in [0, 0.05) is 16.8 Å². The third-order valence-corrected chi connectivity index (χ3v) is 4.66. The largest absolute Gasteiger partial charge is 0.452 e. The van der Waals surface area contributed by atoms with Crippen molar-refractivity contribution in [2.45, 2.75) is 33.6 Å². The molecule has 0 unspecified atom stereocenters. The summed E-state index contributed by atoms with van der Waals surface area (Å²) in [4.78, 5) is 29.4. The van der Waals surface area contributed by atoms with Gasteiger partial charge in [0.1, 0.15) is 0 Å². The van der Waals surface area contributed by atoms with Crippen molar-refractivity contribution in [1.29, 1.82) is 0 Å². The number of carbonyl (C=O) groups is 2. The van der Waals surface area contributed by atoms with E-state index < -0.39 is 5.97 Å². The lowest BCUT2D eigenvalue weighted by atomic mass is 10.0. The average molecular weight is 376 g/mol. The molecule has 0 aliphatic heterocycles. The van der Waals surface area contributed by atoms with Crippen LogP contribution in [0.5, 0.6) is 0 Å². The van der Waals surface area contributed by atoms with Gasteiger partial charge in [-0.15, -0.1) is 0 Å². The van der Waals surface area contributed by atoms with E-state index in [0.29, 0.717) is 10.9 Å². The third kappa shape index (κ3) is 4.19. The van der Waals surface area contributed by atoms with Crippen LogP contribution in [0.15, 0.2) is 48.5 Å². The number of aromatic nitrogens is 1. The molecule has 28 heavy (non-hydrogen) atoms. The van der Waals surface area contributed by atoms with Crippen LogP contribution < -0.4 is 5.32 Å². The van der Waals surface area contributed by atoms with Crippen molar-refractivity contribution in [2.24, 2.45) is 0 Å². The van der Waals surface area contributed by atoms with Gasteiger partial charge in [0.15, 0.2) is 6.61 Å². The summed E-state index contributed by atoms with van der Waals surface area (Å²) in [6, 6.07) is 15.0. The molecule has 1 N–H and O–H groups in total. The normalized spacial score (nSPS) is 10.7. The minimum Gasteiger partial charge on any atom is -0.452 e. The van der Waals surface area contributed by atoms with E-state index in [1.165, 1.54) is 0 Å². The Kier molecular flexibility index (Phi) is 6.04. The molecule has 0 atom stereocenters. The third-order valence-electron chi connectivity index (χ3n) is 4.66. The minimum atomic E-state index is -0.531. The number of anilines is 1. The molecule has 0 fully saturated rings. The topological polar surface area (TPSA) is 68.3 Å². The molecule has 0 saturated heterocycles. The molecule has 1 aromatic heterocycles. The van der Waals surface area contributed by atoms with Crippen molar-refractivity contribution in [3.8, 4) is 0 Å². The van der Waals surface area contributed by atoms with E-state index in [2.05, 4.69) is 10.3 Å². The summed E-state index contributed by atoms with van der Waals surface area (Å²) in [5.41, 5.74) is 4.81. The molecule has 3 rings (SSSR count). The first kappa shape index (κ1) is 19.5. The standard InChI is InChI=1S/C23H24N2O3/c1-4-16-9-8-10-17(5-2)22(16)25-21(26)14-28-23(27)19-13-15(3)24-20-12-7-6-11-18(19)20/h6-13H,4-5,14H2,1-3H3,(H,25,26). The molecule has 144 valence electrons. The van der Waals surface area contributed by atoms with E-state index in [0.717, 1.165) is 40.9 Å². The number of rotatable bonds is 6. The number of hydrogen-bond donors (Lipinski definition) is 1. The molecule has 0 aliphatic carbocycles. The first-order chi connectivity index (χ1) is 13.5. The zero-order valence-corrected chi connectivity index (χ0v) is 16.4. The Hall–Kier alpha value is -3.21. The summed E-state index contributed by atoms with van der Waals surface area (Å²) in [5, 5.41) is 3.62. The number of carbonyl (C=O) groups excluding carboxylic acids is 2. The van der Waals surface area contributed by atoms with E-state index >= 15 is 0 Å². The molecule has 0 saturated carbocycles. The number of para-hydroxylation sites is 2. The lowest BCUT2D eigenvalue weighted by Crippen LogP contribution is -2.22. The number of aryl methyl sites for hydroxylation is 3. The molecule has 5 nitrogen and oxygen atoms in total. The summed E-state index contributed by atoms with van der Waals surface area (Å²) >= 11 is 0. The van der Waals surface area contributed by atoms with Gasteiger partial charge < -0.3 is 10.1 Å². The Morgan fingerprint density at radius 2 is 1.68 bits per heavy atom. The van der Waals surface area contributed by atoms with Crippen molar-refractivity contribution < 1.29 is 14.3 Å². The highest BCUT2D eigenvalue weighted by Crippen LogP contribution is 2.23. The number of nitrogens with one attached hydrogen (secondary N) is 1. The predicted molar refractivity (Wildman–Crippen MR) is 111 cm³/mol. The van der Waals surface area contributed by atoms with Gasteiger partial charge in [0.25, 0.3) is 5.91 Å². The second kappa shape index (κ2) is 8.65. The average Bonchev–Trinajstić information content (AvgIpc) is 2.71. The van der Waals surface area contributed by atoms with Crippen molar-refractivity contribution in [2.75, 3.05) is 11.9 Å². The molecular formula is C23H24N2O3. The summed E-state index contributed by atoms with van der Waals surface area (Å²) in [7, 11) is 0. The van der Waals surface area contributed by atoms with Crippen LogP contribution in [0.3, 0.4) is 0 Å². The Morgan fingerprint density at radius 3 is 2.36 bits per heavy atom. The molecule has 0 bridgehead atoms. The van der Waals surface area contributed by atoms with E-state index in [-0.39, 0.29) is 12.5 Å². The number of benzene rings is 2. The Morgan fingerprint density at radius 1 is 1.00 bits per heavy atom. The van der Waals surface area contributed by atoms with Gasteiger partial charge in [-0.25, -0.2) is 4.79 Å². The van der Waals surface area contributed by atoms with E-state index in [9.17, 15) is 9.59 Å². The van der Waals surface area contributed by atoms with Crippen LogP contribution in [0.4, 0.5) is 5.69 Å². The Labute approximate surface area is 164 Å². The van der Waals surface area contributed by atoms with E-state index in [1.54, 1.807) is 6.07 Å². The monoisotopic (exact) mass is 376 g/mol. The van der Waals surface area contributed by atoms with Gasteiger partial charge in [-0.1, -0.05) is 50.2 Å². The minimum absolute atomic E-state index is 0.338. The van der Waals surface area contributed by atoms with Gasteiger partial charge in [-0.2, -0.15) is 0 Å². The van der Waals surface area contributed by atoms with Gasteiger partial charge >= 0.3 is 5.97 Å². The number of amides is 1. The maximum atomic E-state index is 12.6. The fourth-order valence-corrected chi connectivity index (χ4v) is 3.26. The smallest absolute Gasteiger partial charge is 0.339 e. The molecule has 5 heteroatoms. The predicted octanol–water partition coefficient (Wildman–Crippen LogP) is 4.46. The van der Waals surface area contributed by atoms with Crippen LogP contribution in [-0.4, -0.2) is 23.5 Å². The zero-order valence-electron chi connectivity index (χ0n) is 16.4. The summed E-state index contributed by atoms with van der Waals surface area (Å²) in [5.74, 6) is -0.879. The molecular weight excluding hydrogens is 352 g/mol. The lowest BCUT2D eigenvalue weighted by molar-refractivity contribution is -0.119. The number of hydrogen-bond acceptors (Lipinski definition) is 4. The van der Waals surface area contributed by atoms with Gasteiger partial charge in [-0.3, -0.25) is 9.78 Å². The molecule has 0 aliphatic rings. The summed E-state index contributed by atoms with van der Waals surface area (Å²) < 4.78 is 5.29. The molecule has 1 amide bonds. The fourth-order valence-electron chi connectivity index (χ4n) is 3.26. The van der Waals surface area contributed by atoms with E-state index in [4.69, 9.17) is 4.74 Å². The first-order valence-corrected chi connectivity index (χ1v) is 9.47. The number of fused-ring (bicyclic) bond motifs is 1. The van der Waals surface area contributed by atoms with Gasteiger partial charge in [0.2, 0.25) is 0 Å². The van der Waals surface area contributed by atoms with Crippen LogP contribution in [0.2, 0.25) is 0 Å². The zero-order chi connectivity index (χ0) is 20.1. The van der Waals surface area contributed by atoms with Crippen LogP contribution >= 0.6 is 0 Å². The van der Waals surface area contributed by atoms with Gasteiger partial charge in [-0.05, 0) is 43.0 Å². The lowest BCUT2D eigenvalue weighted by Gasteiger charge is -2.14. The number of ether oxygens (including phenoxy) is 1. The molecule has 2 aromatic carbocycles. The van der Waals surface area contributed by atoms with Crippen molar-refractivity contribution in [1.82, 2.24) is 4.98 Å². The van der Waals surface area contributed by atoms with Crippen molar-refractivity contribution >= 4 is 28.5 Å². The highest BCUT2D eigenvalue weighted by atomic mass is 16.5. The van der Waals surface area contributed by atoms with Crippen LogP contribution in [0, 0.1) is 6.92 Å². The highest BCUT2D eigenvalue weighted by Gasteiger charge is 2.16. The van der Waals surface area contributed by atoms with Gasteiger partial charge in [0.05, 0.1) is 11.1 Å². The second-order valence-corrected chi connectivity index (χ2v) is 6.61. The Bertz CT molecular complexity index is 1010. The number of pyridine rings is 1. The molecule has 3 aromatic rings.